The van der Waals surface area contributed by atoms with Gasteiger partial charge in [0.1, 0.15) is 5.58 Å². The van der Waals surface area contributed by atoms with Crippen LogP contribution in [0.25, 0.3) is 11.0 Å². The Morgan fingerprint density at radius 2 is 1.90 bits per heavy atom. The van der Waals surface area contributed by atoms with E-state index in [1.165, 1.54) is 0 Å². The van der Waals surface area contributed by atoms with Crippen LogP contribution in [-0.4, -0.2) is 16.6 Å². The minimum atomic E-state index is -0.585. The van der Waals surface area contributed by atoms with E-state index in [4.69, 9.17) is 4.42 Å². The molecule has 0 saturated heterocycles. The van der Waals surface area contributed by atoms with Crippen LogP contribution in [0.15, 0.2) is 80.6 Å². The number of aliphatic hydroxyl groups is 1. The number of thiophene rings is 1. The molecule has 0 spiro atoms. The first-order valence-electron chi connectivity index (χ1n) is 9.58. The van der Waals surface area contributed by atoms with Crippen LogP contribution in [0.3, 0.4) is 0 Å². The molecule has 29 heavy (non-hydrogen) atoms. The number of benzene rings is 2. The van der Waals surface area contributed by atoms with Crippen LogP contribution in [0.2, 0.25) is 0 Å². The van der Waals surface area contributed by atoms with E-state index in [9.17, 15) is 9.90 Å². The third kappa shape index (κ3) is 4.82. The van der Waals surface area contributed by atoms with Crippen molar-refractivity contribution < 1.29 is 9.52 Å². The summed E-state index contributed by atoms with van der Waals surface area (Å²) in [6.45, 7) is 3.67. The molecular formula is C24H23NO3S. The first-order chi connectivity index (χ1) is 14.1. The Bertz CT molecular complexity index is 1140. The summed E-state index contributed by atoms with van der Waals surface area (Å²) < 4.78 is 5.40. The van der Waals surface area contributed by atoms with Crippen molar-refractivity contribution in [3.8, 4) is 0 Å². The van der Waals surface area contributed by atoms with E-state index in [-0.39, 0.29) is 5.63 Å². The monoisotopic (exact) mass is 405 g/mol. The first-order valence-corrected chi connectivity index (χ1v) is 10.5. The van der Waals surface area contributed by atoms with Crippen molar-refractivity contribution in [2.45, 2.75) is 26.1 Å². The molecule has 2 aromatic heterocycles. The molecule has 2 aromatic carbocycles. The standard InChI is InChI=1S/C24H23NO3S/c1-17-7-8-21-20(12-24(27)28-23(21)11-17)14-25(13-18-5-3-2-4-6-18)15-22(26)19-9-10-29-16-19/h2-12,16,22,26H,13-15H2,1H3/t22-/m1/s1. The molecular weight excluding hydrogens is 382 g/mol. The Morgan fingerprint density at radius 3 is 2.66 bits per heavy atom. The second kappa shape index (κ2) is 8.74. The van der Waals surface area contributed by atoms with E-state index in [1.807, 2.05) is 60.1 Å². The Morgan fingerprint density at radius 1 is 1.07 bits per heavy atom. The molecule has 4 rings (SSSR count). The van der Waals surface area contributed by atoms with Crippen molar-refractivity contribution in [2.75, 3.05) is 6.54 Å². The average Bonchev–Trinajstić information content (AvgIpc) is 3.23. The van der Waals surface area contributed by atoms with Crippen molar-refractivity contribution in [3.05, 3.63) is 104 Å². The molecule has 5 heteroatoms. The van der Waals surface area contributed by atoms with Crippen LogP contribution in [-0.2, 0) is 13.1 Å². The summed E-state index contributed by atoms with van der Waals surface area (Å²) in [5, 5.41) is 15.6. The van der Waals surface area contributed by atoms with Gasteiger partial charge in [0.05, 0.1) is 6.10 Å². The van der Waals surface area contributed by atoms with Gasteiger partial charge >= 0.3 is 5.63 Å². The Labute approximate surface area is 173 Å². The summed E-state index contributed by atoms with van der Waals surface area (Å²) in [7, 11) is 0. The van der Waals surface area contributed by atoms with Crippen LogP contribution in [0.4, 0.5) is 0 Å². The molecule has 0 amide bonds. The lowest BCUT2D eigenvalue weighted by molar-refractivity contribution is 0.105. The predicted molar refractivity (Wildman–Crippen MR) is 117 cm³/mol. The highest BCUT2D eigenvalue weighted by molar-refractivity contribution is 7.07. The van der Waals surface area contributed by atoms with Crippen molar-refractivity contribution in [3.63, 3.8) is 0 Å². The summed E-state index contributed by atoms with van der Waals surface area (Å²) >= 11 is 1.58. The molecule has 0 fully saturated rings. The van der Waals surface area contributed by atoms with Gasteiger partial charge in [-0.1, -0.05) is 42.5 Å². The van der Waals surface area contributed by atoms with Gasteiger partial charge in [-0.3, -0.25) is 4.90 Å². The van der Waals surface area contributed by atoms with E-state index in [0.717, 1.165) is 27.6 Å². The second-order valence-electron chi connectivity index (χ2n) is 7.32. The van der Waals surface area contributed by atoms with Crippen LogP contribution < -0.4 is 5.63 Å². The number of nitrogens with zero attached hydrogens (tertiary/aromatic N) is 1. The summed E-state index contributed by atoms with van der Waals surface area (Å²) in [5.74, 6) is 0. The summed E-state index contributed by atoms with van der Waals surface area (Å²) in [6.07, 6.45) is -0.585. The maximum Gasteiger partial charge on any atom is 0.336 e. The van der Waals surface area contributed by atoms with Gasteiger partial charge in [0, 0.05) is 31.1 Å². The number of fused-ring (bicyclic) bond motifs is 1. The second-order valence-corrected chi connectivity index (χ2v) is 8.10. The highest BCUT2D eigenvalue weighted by atomic mass is 32.1. The molecule has 4 aromatic rings. The highest BCUT2D eigenvalue weighted by Crippen LogP contribution is 2.23. The van der Waals surface area contributed by atoms with Crippen molar-refractivity contribution >= 4 is 22.3 Å². The lowest BCUT2D eigenvalue weighted by Gasteiger charge is -2.25. The van der Waals surface area contributed by atoms with Crippen LogP contribution in [0.1, 0.15) is 28.4 Å². The number of rotatable bonds is 7. The lowest BCUT2D eigenvalue weighted by Crippen LogP contribution is -2.28. The van der Waals surface area contributed by atoms with E-state index < -0.39 is 6.10 Å². The zero-order chi connectivity index (χ0) is 20.2. The molecule has 0 unspecified atom stereocenters. The largest absolute Gasteiger partial charge is 0.423 e. The quantitative estimate of drug-likeness (QED) is 0.445. The predicted octanol–water partition coefficient (Wildman–Crippen LogP) is 4.90. The lowest BCUT2D eigenvalue weighted by atomic mass is 10.1. The zero-order valence-electron chi connectivity index (χ0n) is 16.2. The van der Waals surface area contributed by atoms with Gasteiger partial charge in [0.25, 0.3) is 0 Å². The van der Waals surface area contributed by atoms with Crippen molar-refractivity contribution in [1.82, 2.24) is 4.90 Å². The topological polar surface area (TPSA) is 53.7 Å². The van der Waals surface area contributed by atoms with E-state index >= 15 is 0 Å². The molecule has 0 saturated carbocycles. The Hall–Kier alpha value is -2.73. The van der Waals surface area contributed by atoms with Crippen molar-refractivity contribution in [1.29, 1.82) is 0 Å². The van der Waals surface area contributed by atoms with Gasteiger partial charge in [-0.25, -0.2) is 4.79 Å². The third-order valence-corrected chi connectivity index (χ3v) is 5.69. The van der Waals surface area contributed by atoms with Crippen molar-refractivity contribution in [2.24, 2.45) is 0 Å². The highest BCUT2D eigenvalue weighted by Gasteiger charge is 2.17. The normalized spacial score (nSPS) is 12.5. The molecule has 0 aliphatic carbocycles. The van der Waals surface area contributed by atoms with E-state index in [2.05, 4.69) is 17.0 Å². The van der Waals surface area contributed by atoms with E-state index in [0.29, 0.717) is 25.2 Å². The van der Waals surface area contributed by atoms with E-state index in [1.54, 1.807) is 17.4 Å². The molecule has 148 valence electrons. The molecule has 1 N–H and O–H groups in total. The maximum atomic E-state index is 12.1. The summed E-state index contributed by atoms with van der Waals surface area (Å²) in [4.78, 5) is 14.3. The van der Waals surface area contributed by atoms with Crippen LogP contribution in [0, 0.1) is 6.92 Å². The van der Waals surface area contributed by atoms with Crippen LogP contribution in [0.5, 0.6) is 0 Å². The number of hydrogen-bond donors (Lipinski definition) is 1. The molecule has 1 atom stereocenters. The molecule has 4 nitrogen and oxygen atoms in total. The number of hydrogen-bond acceptors (Lipinski definition) is 5. The molecule has 0 bridgehead atoms. The van der Waals surface area contributed by atoms with Gasteiger partial charge < -0.3 is 9.52 Å². The Kier molecular flexibility index (Phi) is 5.90. The molecule has 0 aliphatic heterocycles. The van der Waals surface area contributed by atoms with Gasteiger partial charge in [0.15, 0.2) is 0 Å². The van der Waals surface area contributed by atoms with Gasteiger partial charge in [0.2, 0.25) is 0 Å². The van der Waals surface area contributed by atoms with Gasteiger partial charge in [-0.05, 0) is 52.1 Å². The molecule has 0 radical (unpaired) electrons. The minimum Gasteiger partial charge on any atom is -0.423 e. The van der Waals surface area contributed by atoms with Gasteiger partial charge in [-0.2, -0.15) is 11.3 Å². The minimum absolute atomic E-state index is 0.351. The van der Waals surface area contributed by atoms with Gasteiger partial charge in [-0.15, -0.1) is 0 Å². The maximum absolute atomic E-state index is 12.1. The van der Waals surface area contributed by atoms with Crippen LogP contribution >= 0.6 is 11.3 Å². The average molecular weight is 406 g/mol. The zero-order valence-corrected chi connectivity index (χ0v) is 17.1. The number of aliphatic hydroxyl groups excluding tert-OH is 1. The molecule has 0 aliphatic rings. The Balaban J connectivity index is 1.66. The summed E-state index contributed by atoms with van der Waals surface area (Å²) in [5.41, 5.74) is 4.28. The molecule has 2 heterocycles. The fourth-order valence-corrected chi connectivity index (χ4v) is 4.26. The third-order valence-electron chi connectivity index (χ3n) is 4.99. The first kappa shape index (κ1) is 19.6. The fourth-order valence-electron chi connectivity index (χ4n) is 3.55. The SMILES string of the molecule is Cc1ccc2c(CN(Cc3ccccc3)C[C@@H](O)c3ccsc3)cc(=O)oc2c1. The fraction of sp³-hybridized carbons (Fsp3) is 0.208. The smallest absolute Gasteiger partial charge is 0.336 e. The number of aryl methyl sites for hydroxylation is 1. The summed E-state index contributed by atoms with van der Waals surface area (Å²) in [6, 6.07) is 19.6.